The molecular formula is C10H24O3Si. The molecule has 0 radical (unpaired) electrons. The highest BCUT2D eigenvalue weighted by molar-refractivity contribution is 6.27. The maximum absolute atomic E-state index is 5.77. The van der Waals surface area contributed by atoms with Gasteiger partial charge in [0.2, 0.25) is 0 Å². The normalized spacial score (nSPS) is 13.3. The highest BCUT2D eigenvalue weighted by Crippen LogP contribution is 2.20. The molecule has 86 valence electrons. The Hall–Kier alpha value is 0.0969. The molecule has 0 spiro atoms. The summed E-state index contributed by atoms with van der Waals surface area (Å²) >= 11 is 0. The number of hydrogen-bond donors (Lipinski definition) is 0. The minimum atomic E-state index is -0.768. The van der Waals surface area contributed by atoms with Gasteiger partial charge in [0.05, 0.1) is 0 Å². The lowest BCUT2D eigenvalue weighted by Crippen LogP contribution is -2.38. The van der Waals surface area contributed by atoms with Gasteiger partial charge < -0.3 is 13.9 Å². The van der Waals surface area contributed by atoms with Crippen molar-refractivity contribution in [3.8, 4) is 0 Å². The molecule has 0 aromatic heterocycles. The third-order valence-corrected chi connectivity index (χ3v) is 4.23. The van der Waals surface area contributed by atoms with Crippen LogP contribution in [-0.2, 0) is 13.9 Å². The van der Waals surface area contributed by atoms with E-state index in [0.29, 0.717) is 5.92 Å². The van der Waals surface area contributed by atoms with Gasteiger partial charge in [-0.2, -0.15) is 0 Å². The van der Waals surface area contributed by atoms with Gasteiger partial charge in [0.25, 0.3) is 5.97 Å². The molecule has 14 heavy (non-hydrogen) atoms. The second-order valence-corrected chi connectivity index (χ2v) is 5.15. The van der Waals surface area contributed by atoms with Crippen LogP contribution < -0.4 is 0 Å². The molecule has 0 aromatic rings. The molecule has 0 aliphatic carbocycles. The fourth-order valence-electron chi connectivity index (χ4n) is 1.23. The molecule has 0 N–H and O–H groups in total. The zero-order chi connectivity index (χ0) is 11.0. The van der Waals surface area contributed by atoms with Gasteiger partial charge >= 0.3 is 0 Å². The summed E-state index contributed by atoms with van der Waals surface area (Å²) in [6, 6.07) is 1.16. The molecule has 0 saturated heterocycles. The van der Waals surface area contributed by atoms with Crippen molar-refractivity contribution in [1.82, 2.24) is 0 Å². The quantitative estimate of drug-likeness (QED) is 0.462. The van der Waals surface area contributed by atoms with Crippen LogP contribution in [0.1, 0.15) is 33.6 Å². The number of hydrogen-bond acceptors (Lipinski definition) is 3. The largest absolute Gasteiger partial charge is 0.376 e. The Morgan fingerprint density at radius 3 is 2.14 bits per heavy atom. The van der Waals surface area contributed by atoms with Crippen molar-refractivity contribution in [1.29, 1.82) is 0 Å². The molecule has 0 unspecified atom stereocenters. The standard InChI is InChI=1S/C10H24O3Si/c1-6-7-10(11-4,12-5)13-14-8-9(2)3/h9H,6-8,14H2,1-5H3. The lowest BCUT2D eigenvalue weighted by Gasteiger charge is -2.30. The third-order valence-electron chi connectivity index (χ3n) is 2.20. The fraction of sp³-hybridized carbons (Fsp3) is 1.00. The van der Waals surface area contributed by atoms with E-state index in [0.717, 1.165) is 18.9 Å². The zero-order valence-electron chi connectivity index (χ0n) is 10.1. The van der Waals surface area contributed by atoms with Crippen molar-refractivity contribution in [3.05, 3.63) is 0 Å². The van der Waals surface area contributed by atoms with Gasteiger partial charge in [-0.1, -0.05) is 20.8 Å². The van der Waals surface area contributed by atoms with Crippen LogP contribution in [-0.4, -0.2) is 30.0 Å². The van der Waals surface area contributed by atoms with E-state index in [-0.39, 0.29) is 0 Å². The summed E-state index contributed by atoms with van der Waals surface area (Å²) in [6.45, 7) is 6.51. The SMILES string of the molecule is CCCC(OC)(OC)O[SiH2]CC(C)C. The summed E-state index contributed by atoms with van der Waals surface area (Å²) in [5, 5.41) is 0. The van der Waals surface area contributed by atoms with Crippen LogP contribution in [0.5, 0.6) is 0 Å². The third kappa shape index (κ3) is 5.10. The number of rotatable bonds is 8. The number of methoxy groups -OCH3 is 2. The predicted octanol–water partition coefficient (Wildman–Crippen LogP) is 1.91. The first-order valence-corrected chi connectivity index (χ1v) is 6.92. The molecule has 0 saturated carbocycles. The Balaban J connectivity index is 3.94. The Morgan fingerprint density at radius 2 is 1.79 bits per heavy atom. The van der Waals surface area contributed by atoms with Crippen LogP contribution in [0.15, 0.2) is 0 Å². The summed E-state index contributed by atoms with van der Waals surface area (Å²) < 4.78 is 16.4. The minimum absolute atomic E-state index is 0.533. The maximum atomic E-state index is 5.77. The summed E-state index contributed by atoms with van der Waals surface area (Å²) in [7, 11) is 2.75. The van der Waals surface area contributed by atoms with E-state index in [1.807, 2.05) is 0 Å². The Kier molecular flexibility index (Phi) is 7.45. The van der Waals surface area contributed by atoms with Gasteiger partial charge in [-0.3, -0.25) is 0 Å². The topological polar surface area (TPSA) is 27.7 Å². The second kappa shape index (κ2) is 7.40. The van der Waals surface area contributed by atoms with Crippen molar-refractivity contribution in [3.63, 3.8) is 0 Å². The molecule has 0 fully saturated rings. The molecular weight excluding hydrogens is 196 g/mol. The van der Waals surface area contributed by atoms with Gasteiger partial charge in [0.1, 0.15) is 0 Å². The summed E-state index contributed by atoms with van der Waals surface area (Å²) in [5.74, 6) is -0.0646. The van der Waals surface area contributed by atoms with Gasteiger partial charge in [-0.15, -0.1) is 0 Å². The van der Waals surface area contributed by atoms with Gasteiger partial charge in [-0.05, 0) is 18.4 Å². The Morgan fingerprint density at radius 1 is 1.21 bits per heavy atom. The second-order valence-electron chi connectivity index (χ2n) is 3.87. The highest BCUT2D eigenvalue weighted by atomic mass is 28.2. The van der Waals surface area contributed by atoms with Crippen molar-refractivity contribution in [2.24, 2.45) is 5.92 Å². The molecule has 0 rings (SSSR count). The molecule has 0 amide bonds. The van der Waals surface area contributed by atoms with E-state index in [9.17, 15) is 0 Å². The van der Waals surface area contributed by atoms with E-state index in [4.69, 9.17) is 13.9 Å². The highest BCUT2D eigenvalue weighted by Gasteiger charge is 2.28. The molecule has 4 heteroatoms. The van der Waals surface area contributed by atoms with Gasteiger partial charge in [0.15, 0.2) is 9.76 Å². The van der Waals surface area contributed by atoms with Crippen LogP contribution in [0.4, 0.5) is 0 Å². The fourth-order valence-corrected chi connectivity index (χ4v) is 2.51. The van der Waals surface area contributed by atoms with Crippen LogP contribution in [0.3, 0.4) is 0 Å². The molecule has 0 aliphatic heterocycles. The van der Waals surface area contributed by atoms with E-state index < -0.39 is 15.7 Å². The lowest BCUT2D eigenvalue weighted by molar-refractivity contribution is -0.326. The maximum Gasteiger partial charge on any atom is 0.272 e. The van der Waals surface area contributed by atoms with Crippen molar-refractivity contribution >= 4 is 9.76 Å². The smallest absolute Gasteiger partial charge is 0.272 e. The minimum Gasteiger partial charge on any atom is -0.376 e. The van der Waals surface area contributed by atoms with Crippen LogP contribution in [0.25, 0.3) is 0 Å². The summed E-state index contributed by atoms with van der Waals surface area (Å²) in [5.41, 5.74) is 0. The van der Waals surface area contributed by atoms with Crippen molar-refractivity contribution < 1.29 is 13.9 Å². The van der Waals surface area contributed by atoms with E-state index >= 15 is 0 Å². The predicted molar refractivity (Wildman–Crippen MR) is 60.9 cm³/mol. The summed E-state index contributed by atoms with van der Waals surface area (Å²) in [4.78, 5) is 0. The molecule has 0 atom stereocenters. The lowest BCUT2D eigenvalue weighted by atomic mass is 10.3. The average molecular weight is 220 g/mol. The Labute approximate surface area is 90.1 Å². The van der Waals surface area contributed by atoms with Gasteiger partial charge in [-0.25, -0.2) is 0 Å². The monoisotopic (exact) mass is 220 g/mol. The Bertz CT molecular complexity index is 135. The van der Waals surface area contributed by atoms with Crippen LogP contribution in [0.2, 0.25) is 6.04 Å². The van der Waals surface area contributed by atoms with E-state index in [1.165, 1.54) is 0 Å². The first-order chi connectivity index (χ1) is 6.60. The molecule has 0 aromatic carbocycles. The molecule has 0 aliphatic rings. The van der Waals surface area contributed by atoms with Crippen LogP contribution in [0, 0.1) is 5.92 Å². The van der Waals surface area contributed by atoms with Crippen molar-refractivity contribution in [2.45, 2.75) is 45.6 Å². The van der Waals surface area contributed by atoms with E-state index in [2.05, 4.69) is 20.8 Å². The molecule has 0 bridgehead atoms. The zero-order valence-corrected chi connectivity index (χ0v) is 11.5. The first-order valence-electron chi connectivity index (χ1n) is 5.34. The number of ether oxygens (including phenoxy) is 2. The van der Waals surface area contributed by atoms with Gasteiger partial charge in [0, 0.05) is 20.6 Å². The van der Waals surface area contributed by atoms with Crippen molar-refractivity contribution in [2.75, 3.05) is 14.2 Å². The first kappa shape index (κ1) is 14.1. The molecule has 3 nitrogen and oxygen atoms in total. The summed E-state index contributed by atoms with van der Waals surface area (Å²) in [6.07, 6.45) is 1.79. The van der Waals surface area contributed by atoms with E-state index in [1.54, 1.807) is 14.2 Å². The van der Waals surface area contributed by atoms with Crippen LogP contribution >= 0.6 is 0 Å². The average Bonchev–Trinajstić information content (AvgIpc) is 2.16. The molecule has 0 heterocycles.